The topological polar surface area (TPSA) is 60.9 Å². The fraction of sp³-hybridized carbons (Fsp3) is 0.700. The van der Waals surface area contributed by atoms with Gasteiger partial charge in [-0.15, -0.1) is 0 Å². The van der Waals surface area contributed by atoms with Crippen molar-refractivity contribution in [2.45, 2.75) is 39.2 Å². The smallest absolute Gasteiger partial charge is 0.272 e. The molecule has 0 spiro atoms. The second-order valence-corrected chi connectivity index (χ2v) is 7.74. The highest BCUT2D eigenvalue weighted by Crippen LogP contribution is 2.21. The maximum Gasteiger partial charge on any atom is 0.272 e. The molecule has 1 aromatic heterocycles. The van der Waals surface area contributed by atoms with Crippen molar-refractivity contribution in [1.82, 2.24) is 9.88 Å². The van der Waals surface area contributed by atoms with Crippen molar-refractivity contribution in [2.75, 3.05) is 40.5 Å². The zero-order valence-electron chi connectivity index (χ0n) is 16.7. The maximum absolute atomic E-state index is 12.3. The summed E-state index contributed by atoms with van der Waals surface area (Å²) in [5, 5.41) is 0.468. The quantitative estimate of drug-likeness (QED) is 0.777. The van der Waals surface area contributed by atoms with E-state index in [4.69, 9.17) is 25.8 Å². The Morgan fingerprint density at radius 1 is 1.22 bits per heavy atom. The van der Waals surface area contributed by atoms with Crippen molar-refractivity contribution >= 4 is 17.5 Å². The Morgan fingerprint density at radius 3 is 2.48 bits per heavy atom. The molecule has 3 rings (SSSR count). The number of pyridine rings is 1. The Hall–Kier alpha value is -1.37. The molecule has 152 valence electrons. The van der Waals surface area contributed by atoms with Gasteiger partial charge >= 0.3 is 0 Å². The summed E-state index contributed by atoms with van der Waals surface area (Å²) in [6.07, 6.45) is 3.56. The minimum Gasteiger partial charge on any atom is -0.481 e. The zero-order chi connectivity index (χ0) is 19.8. The largest absolute Gasteiger partial charge is 0.481 e. The molecule has 2 unspecified atom stereocenters. The highest BCUT2D eigenvalue weighted by Gasteiger charge is 2.23. The molecule has 1 aromatic rings. The van der Waals surface area contributed by atoms with Crippen LogP contribution >= 0.6 is 11.6 Å². The van der Waals surface area contributed by atoms with Crippen molar-refractivity contribution in [3.05, 3.63) is 22.8 Å². The van der Waals surface area contributed by atoms with Crippen molar-refractivity contribution in [1.29, 1.82) is 0 Å². The van der Waals surface area contributed by atoms with Crippen LogP contribution in [0.5, 0.6) is 5.88 Å². The molecule has 0 N–H and O–H groups in total. The van der Waals surface area contributed by atoms with Gasteiger partial charge in [-0.25, -0.2) is 4.98 Å². The molecule has 0 saturated carbocycles. The fourth-order valence-electron chi connectivity index (χ4n) is 3.18. The highest BCUT2D eigenvalue weighted by molar-refractivity contribution is 6.31. The first-order chi connectivity index (χ1) is 12.9. The van der Waals surface area contributed by atoms with Gasteiger partial charge < -0.3 is 19.1 Å². The van der Waals surface area contributed by atoms with Gasteiger partial charge in [-0.2, -0.15) is 0 Å². The van der Waals surface area contributed by atoms with Crippen LogP contribution in [0.3, 0.4) is 0 Å². The summed E-state index contributed by atoms with van der Waals surface area (Å²) >= 11 is 5.94. The molecular formula is C20H31ClN2O4. The SMILES string of the molecule is COC1COCCC1C.COc1cc(Cl)cc(C(=O)N2CCC(C)CC2)n1. The van der Waals surface area contributed by atoms with Gasteiger partial charge in [0.15, 0.2) is 0 Å². The number of halogens is 1. The Kier molecular flexibility index (Phi) is 8.80. The number of hydrogen-bond donors (Lipinski definition) is 0. The Balaban J connectivity index is 0.000000244. The van der Waals surface area contributed by atoms with Gasteiger partial charge in [0.2, 0.25) is 5.88 Å². The van der Waals surface area contributed by atoms with Crippen LogP contribution in [0.4, 0.5) is 0 Å². The first-order valence-electron chi connectivity index (χ1n) is 9.56. The molecule has 2 aliphatic rings. The number of nitrogens with zero attached hydrogens (tertiary/aromatic N) is 2. The average Bonchev–Trinajstić information content (AvgIpc) is 2.68. The normalized spacial score (nSPS) is 23.4. The van der Waals surface area contributed by atoms with Crippen molar-refractivity contribution in [3.63, 3.8) is 0 Å². The first-order valence-corrected chi connectivity index (χ1v) is 9.93. The van der Waals surface area contributed by atoms with Gasteiger partial charge in [0.25, 0.3) is 5.91 Å². The highest BCUT2D eigenvalue weighted by atomic mass is 35.5. The first kappa shape index (κ1) is 21.9. The van der Waals surface area contributed by atoms with Crippen LogP contribution in [0, 0.1) is 11.8 Å². The van der Waals surface area contributed by atoms with Crippen molar-refractivity contribution in [2.24, 2.45) is 11.8 Å². The number of piperidine rings is 1. The molecule has 2 fully saturated rings. The summed E-state index contributed by atoms with van der Waals surface area (Å²) in [7, 11) is 3.26. The molecule has 0 aromatic carbocycles. The number of rotatable bonds is 3. The molecule has 27 heavy (non-hydrogen) atoms. The van der Waals surface area contributed by atoms with Gasteiger partial charge in [-0.05, 0) is 37.2 Å². The predicted octanol–water partition coefficient (Wildman–Crippen LogP) is 3.67. The monoisotopic (exact) mass is 398 g/mol. The lowest BCUT2D eigenvalue weighted by Crippen LogP contribution is -2.38. The van der Waals surface area contributed by atoms with Crippen LogP contribution in [0.25, 0.3) is 0 Å². The van der Waals surface area contributed by atoms with E-state index in [0.717, 1.165) is 45.6 Å². The lowest BCUT2D eigenvalue weighted by Gasteiger charge is -2.30. The number of hydrogen-bond acceptors (Lipinski definition) is 5. The van der Waals surface area contributed by atoms with E-state index in [-0.39, 0.29) is 5.91 Å². The standard InChI is InChI=1S/C13H17ClN2O2.C7H14O2/c1-9-3-5-16(6-4-9)13(17)11-7-10(14)8-12(15-11)18-2;1-6-3-4-9-5-7(6)8-2/h7-9H,3-6H2,1-2H3;6-7H,3-5H2,1-2H3. The van der Waals surface area contributed by atoms with Crippen molar-refractivity contribution in [3.8, 4) is 5.88 Å². The number of carbonyl (C=O) groups is 1. The third-order valence-corrected chi connectivity index (χ3v) is 5.42. The number of carbonyl (C=O) groups excluding carboxylic acids is 1. The summed E-state index contributed by atoms with van der Waals surface area (Å²) in [4.78, 5) is 18.3. The minimum atomic E-state index is -0.0669. The molecule has 2 aliphatic heterocycles. The molecular weight excluding hydrogens is 368 g/mol. The van der Waals surface area contributed by atoms with Gasteiger partial charge in [0, 0.05) is 37.9 Å². The molecule has 7 heteroatoms. The summed E-state index contributed by atoms with van der Waals surface area (Å²) < 4.78 is 15.4. The molecule has 2 saturated heterocycles. The van der Waals surface area contributed by atoms with Gasteiger partial charge in [-0.1, -0.05) is 25.4 Å². The number of aromatic nitrogens is 1. The van der Waals surface area contributed by atoms with E-state index < -0.39 is 0 Å². The molecule has 6 nitrogen and oxygen atoms in total. The third kappa shape index (κ3) is 6.63. The minimum absolute atomic E-state index is 0.0669. The fourth-order valence-corrected chi connectivity index (χ4v) is 3.38. The van der Waals surface area contributed by atoms with E-state index in [2.05, 4.69) is 18.8 Å². The second kappa shape index (κ2) is 10.8. The molecule has 2 atom stereocenters. The van der Waals surface area contributed by atoms with Gasteiger partial charge in [0.1, 0.15) is 5.69 Å². The van der Waals surface area contributed by atoms with E-state index in [1.165, 1.54) is 7.11 Å². The average molecular weight is 399 g/mol. The van der Waals surface area contributed by atoms with Crippen LogP contribution in [0.2, 0.25) is 5.02 Å². The lowest BCUT2D eigenvalue weighted by atomic mass is 9.99. The van der Waals surface area contributed by atoms with E-state index in [1.54, 1.807) is 19.2 Å². The van der Waals surface area contributed by atoms with Gasteiger partial charge in [0.05, 0.1) is 19.8 Å². The predicted molar refractivity (Wildman–Crippen MR) is 105 cm³/mol. The Labute approximate surface area is 167 Å². The van der Waals surface area contributed by atoms with Crippen LogP contribution in [0.1, 0.15) is 43.6 Å². The van der Waals surface area contributed by atoms with Crippen LogP contribution in [-0.2, 0) is 9.47 Å². The second-order valence-electron chi connectivity index (χ2n) is 7.30. The Morgan fingerprint density at radius 2 is 1.93 bits per heavy atom. The maximum atomic E-state index is 12.3. The van der Waals surface area contributed by atoms with E-state index >= 15 is 0 Å². The molecule has 0 bridgehead atoms. The van der Waals surface area contributed by atoms with Crippen LogP contribution in [-0.4, -0.2) is 62.4 Å². The molecule has 3 heterocycles. The number of ether oxygens (including phenoxy) is 3. The van der Waals surface area contributed by atoms with Gasteiger partial charge in [-0.3, -0.25) is 4.79 Å². The molecule has 1 amide bonds. The molecule has 0 radical (unpaired) electrons. The summed E-state index contributed by atoms with van der Waals surface area (Å²) in [5.41, 5.74) is 0.355. The number of likely N-dealkylation sites (tertiary alicyclic amines) is 1. The summed E-state index contributed by atoms with van der Waals surface area (Å²) in [6, 6.07) is 3.18. The summed E-state index contributed by atoms with van der Waals surface area (Å²) in [5.74, 6) is 1.67. The Bertz CT molecular complexity index is 606. The van der Waals surface area contributed by atoms with E-state index in [0.29, 0.717) is 34.5 Å². The lowest BCUT2D eigenvalue weighted by molar-refractivity contribution is -0.0600. The molecule has 0 aliphatic carbocycles. The number of amides is 1. The van der Waals surface area contributed by atoms with Crippen molar-refractivity contribution < 1.29 is 19.0 Å². The summed E-state index contributed by atoms with van der Waals surface area (Å²) in [6.45, 7) is 7.67. The van der Waals surface area contributed by atoms with Crippen LogP contribution < -0.4 is 4.74 Å². The van der Waals surface area contributed by atoms with E-state index in [9.17, 15) is 4.79 Å². The zero-order valence-corrected chi connectivity index (χ0v) is 17.5. The van der Waals surface area contributed by atoms with E-state index in [1.807, 2.05) is 4.90 Å². The number of methoxy groups -OCH3 is 2. The van der Waals surface area contributed by atoms with Crippen LogP contribution in [0.15, 0.2) is 12.1 Å². The third-order valence-electron chi connectivity index (χ3n) is 5.20.